The molecule has 2 atom stereocenters. The second kappa shape index (κ2) is 13.9. The summed E-state index contributed by atoms with van der Waals surface area (Å²) >= 11 is 0. The van der Waals surface area contributed by atoms with Crippen molar-refractivity contribution >= 4 is 65.9 Å². The predicted octanol–water partition coefficient (Wildman–Crippen LogP) is 15.4. The Kier molecular flexibility index (Phi) is 8.22. The van der Waals surface area contributed by atoms with Gasteiger partial charge in [-0.25, -0.2) is 0 Å². The molecule has 0 fully saturated rings. The van der Waals surface area contributed by atoms with E-state index in [1.165, 1.54) is 55.3 Å². The zero-order chi connectivity index (χ0) is 38.7. The summed E-state index contributed by atoms with van der Waals surface area (Å²) in [6, 6.07) is 63.2. The molecule has 11 rings (SSSR count). The van der Waals surface area contributed by atoms with Gasteiger partial charge < -0.3 is 8.83 Å². The van der Waals surface area contributed by atoms with Crippen LogP contribution in [0.5, 0.6) is 0 Å². The van der Waals surface area contributed by atoms with E-state index in [9.17, 15) is 0 Å². The van der Waals surface area contributed by atoms with E-state index in [0.717, 1.165) is 68.0 Å². The maximum atomic E-state index is 6.44. The molecule has 0 spiro atoms. The number of para-hydroxylation sites is 1. The monoisotopic (exact) mass is 747 g/mol. The van der Waals surface area contributed by atoms with Gasteiger partial charge in [-0.15, -0.1) is 0 Å². The number of aliphatic imine (C=N–C) groups is 1. The van der Waals surface area contributed by atoms with Crippen LogP contribution in [0.15, 0.2) is 195 Å². The molecule has 0 bridgehead atoms. The van der Waals surface area contributed by atoms with Gasteiger partial charge in [0.2, 0.25) is 0 Å². The number of furan rings is 2. The Morgan fingerprint density at radius 2 is 1.17 bits per heavy atom. The second-order valence-corrected chi connectivity index (χ2v) is 15.8. The zero-order valence-corrected chi connectivity index (χ0v) is 32.6. The van der Waals surface area contributed by atoms with E-state index in [4.69, 9.17) is 13.8 Å². The Morgan fingerprint density at radius 3 is 2.02 bits per heavy atom. The van der Waals surface area contributed by atoms with Crippen LogP contribution in [0.1, 0.15) is 49.4 Å². The van der Waals surface area contributed by atoms with Gasteiger partial charge in [0.05, 0.1) is 6.04 Å². The minimum absolute atomic E-state index is 0.0326. The largest absolute Gasteiger partial charge is 0.456 e. The van der Waals surface area contributed by atoms with Crippen molar-refractivity contribution in [2.45, 2.75) is 32.7 Å². The first-order valence-corrected chi connectivity index (χ1v) is 20.4. The van der Waals surface area contributed by atoms with Gasteiger partial charge >= 0.3 is 0 Å². The average molecular weight is 748 g/mol. The average Bonchev–Trinajstić information content (AvgIpc) is 3.80. The number of rotatable bonds is 6. The predicted molar refractivity (Wildman–Crippen MR) is 243 cm³/mol. The molecule has 0 saturated carbocycles. The minimum atomic E-state index is -0.0326. The van der Waals surface area contributed by atoms with E-state index in [1.807, 2.05) is 12.1 Å². The molecule has 1 aliphatic rings. The van der Waals surface area contributed by atoms with Crippen molar-refractivity contribution in [1.82, 2.24) is 0 Å². The van der Waals surface area contributed by atoms with E-state index in [1.54, 1.807) is 0 Å². The van der Waals surface area contributed by atoms with Crippen molar-refractivity contribution in [2.24, 2.45) is 10.9 Å². The molecule has 8 aromatic carbocycles. The van der Waals surface area contributed by atoms with Crippen LogP contribution in [0, 0.1) is 5.92 Å². The molecule has 0 aliphatic carbocycles. The highest BCUT2D eigenvalue weighted by molar-refractivity contribution is 6.14. The smallest absolute Gasteiger partial charge is 0.136 e. The van der Waals surface area contributed by atoms with Gasteiger partial charge in [-0.05, 0) is 117 Å². The van der Waals surface area contributed by atoms with Gasteiger partial charge in [-0.1, -0.05) is 140 Å². The van der Waals surface area contributed by atoms with Crippen LogP contribution in [0.3, 0.4) is 0 Å². The molecule has 0 amide bonds. The lowest BCUT2D eigenvalue weighted by atomic mass is 9.79. The lowest BCUT2D eigenvalue weighted by Gasteiger charge is -2.27. The molecule has 10 aromatic rings. The molecule has 2 unspecified atom stereocenters. The van der Waals surface area contributed by atoms with Crippen molar-refractivity contribution in [2.75, 3.05) is 0 Å². The van der Waals surface area contributed by atoms with Crippen LogP contribution < -0.4 is 0 Å². The summed E-state index contributed by atoms with van der Waals surface area (Å²) in [6.07, 6.45) is 1.73. The Bertz CT molecular complexity index is 3250. The van der Waals surface area contributed by atoms with E-state index in [2.05, 4.69) is 178 Å². The van der Waals surface area contributed by atoms with E-state index in [-0.39, 0.29) is 12.0 Å². The maximum Gasteiger partial charge on any atom is 0.136 e. The highest BCUT2D eigenvalue weighted by Gasteiger charge is 2.31. The molecule has 3 nitrogen and oxygen atoms in total. The van der Waals surface area contributed by atoms with Crippen LogP contribution in [0.25, 0.3) is 82.5 Å². The molecule has 1 aliphatic heterocycles. The Morgan fingerprint density at radius 1 is 0.500 bits per heavy atom. The Hall–Kier alpha value is -6.97. The van der Waals surface area contributed by atoms with Gasteiger partial charge in [0.1, 0.15) is 22.3 Å². The molecule has 3 heteroatoms. The number of allylic oxidation sites excluding steroid dienone is 1. The van der Waals surface area contributed by atoms with Gasteiger partial charge in [0.25, 0.3) is 0 Å². The number of hydrogen-bond donors (Lipinski definition) is 0. The van der Waals surface area contributed by atoms with Crippen molar-refractivity contribution in [3.8, 4) is 22.3 Å². The van der Waals surface area contributed by atoms with Crippen LogP contribution in [0.2, 0.25) is 0 Å². The molecule has 0 N–H and O–H groups in total. The maximum absolute atomic E-state index is 6.44. The lowest BCUT2D eigenvalue weighted by Crippen LogP contribution is -2.13. The fourth-order valence-corrected chi connectivity index (χ4v) is 9.51. The third-order valence-electron chi connectivity index (χ3n) is 12.3. The quantitative estimate of drug-likeness (QED) is 0.170. The fraction of sp³-hybridized carbons (Fsp3) is 0.109. The third-order valence-corrected chi connectivity index (χ3v) is 12.3. The van der Waals surface area contributed by atoms with Gasteiger partial charge in [-0.3, -0.25) is 4.99 Å². The number of fused-ring (bicyclic) bond motifs is 7. The van der Waals surface area contributed by atoms with Crippen molar-refractivity contribution in [1.29, 1.82) is 0 Å². The third kappa shape index (κ3) is 5.77. The normalized spacial score (nSPS) is 16.1. The molecule has 2 aromatic heterocycles. The Balaban J connectivity index is 1.03. The molecule has 3 heterocycles. The van der Waals surface area contributed by atoms with Gasteiger partial charge in [0, 0.05) is 39.6 Å². The SMILES string of the molecule is CCC1C(c2ccc3ccc(-c4cccc5oc6ccc(-c7ccccc7)cc6c45)cc3c2)=C(C)CC(c2ccc3c(c2)oc2ccccc23)=NC1c1ccccc1. The molecule has 0 radical (unpaired) electrons. The summed E-state index contributed by atoms with van der Waals surface area (Å²) < 4.78 is 12.8. The van der Waals surface area contributed by atoms with Crippen molar-refractivity contribution in [3.05, 3.63) is 198 Å². The lowest BCUT2D eigenvalue weighted by molar-refractivity contribution is 0.525. The molecule has 0 saturated heterocycles. The molecule has 58 heavy (non-hydrogen) atoms. The summed E-state index contributed by atoms with van der Waals surface area (Å²) in [5.74, 6) is 0.195. The summed E-state index contributed by atoms with van der Waals surface area (Å²) in [5.41, 5.74) is 15.8. The summed E-state index contributed by atoms with van der Waals surface area (Å²) in [6.45, 7) is 4.63. The van der Waals surface area contributed by atoms with E-state index >= 15 is 0 Å². The first-order chi connectivity index (χ1) is 28.6. The van der Waals surface area contributed by atoms with E-state index < -0.39 is 0 Å². The van der Waals surface area contributed by atoms with Crippen LogP contribution in [-0.4, -0.2) is 5.71 Å². The van der Waals surface area contributed by atoms with Crippen LogP contribution in [-0.2, 0) is 0 Å². The molecular formula is C55H41NO2. The number of hydrogen-bond acceptors (Lipinski definition) is 3. The zero-order valence-electron chi connectivity index (χ0n) is 32.6. The summed E-state index contributed by atoms with van der Waals surface area (Å²) in [4.78, 5) is 5.67. The summed E-state index contributed by atoms with van der Waals surface area (Å²) in [5, 5.41) is 7.00. The second-order valence-electron chi connectivity index (χ2n) is 15.8. The first-order valence-electron chi connectivity index (χ1n) is 20.4. The Labute approximate surface area is 337 Å². The fourth-order valence-electron chi connectivity index (χ4n) is 9.51. The molecule has 278 valence electrons. The molecular weight excluding hydrogens is 707 g/mol. The van der Waals surface area contributed by atoms with E-state index in [0.29, 0.717) is 0 Å². The standard InChI is InChI=1S/C55H41NO2/c1-3-43-53(34(2)29-48(56-55(43)37-15-8-5-9-16-37)40-25-27-46-45-17-10-11-19-49(45)58-52(46)33-40)41-24-22-36-21-23-39(30-42(36)31-41)44-18-12-20-51-54(44)47-32-38(26-28-50(47)57-51)35-13-6-4-7-14-35/h4-28,30-33,43,55H,3,29H2,1-2H3. The van der Waals surface area contributed by atoms with Crippen LogP contribution in [0.4, 0.5) is 0 Å². The highest BCUT2D eigenvalue weighted by atomic mass is 16.3. The number of nitrogens with zero attached hydrogens (tertiary/aromatic N) is 1. The van der Waals surface area contributed by atoms with Gasteiger partial charge in [-0.2, -0.15) is 0 Å². The minimum Gasteiger partial charge on any atom is -0.456 e. The highest BCUT2D eigenvalue weighted by Crippen LogP contribution is 2.45. The number of benzene rings is 8. The first kappa shape index (κ1) is 34.3. The van der Waals surface area contributed by atoms with Crippen LogP contribution >= 0.6 is 0 Å². The summed E-state index contributed by atoms with van der Waals surface area (Å²) in [7, 11) is 0. The van der Waals surface area contributed by atoms with Crippen molar-refractivity contribution < 1.29 is 8.83 Å². The van der Waals surface area contributed by atoms with Gasteiger partial charge in [0.15, 0.2) is 0 Å². The van der Waals surface area contributed by atoms with Crippen molar-refractivity contribution in [3.63, 3.8) is 0 Å². The topological polar surface area (TPSA) is 38.6 Å².